The molecule has 2 aromatic carbocycles. The first-order valence-electron chi connectivity index (χ1n) is 6.55. The molecule has 0 fully saturated rings. The number of rotatable bonds is 2. The van der Waals surface area contributed by atoms with Crippen LogP contribution < -0.4 is 4.90 Å². The zero-order chi connectivity index (χ0) is 14.1. The Bertz CT molecular complexity index is 759. The highest BCUT2D eigenvalue weighted by molar-refractivity contribution is 6.06. The Kier molecular flexibility index (Phi) is 3.03. The molecule has 0 aliphatic heterocycles. The highest BCUT2D eigenvalue weighted by Gasteiger charge is 2.13. The summed E-state index contributed by atoms with van der Waals surface area (Å²) in [5, 5.41) is 1.14. The van der Waals surface area contributed by atoms with Gasteiger partial charge in [-0.3, -0.25) is 4.79 Å². The van der Waals surface area contributed by atoms with Crippen LogP contribution in [-0.2, 0) is 7.05 Å². The Morgan fingerprint density at radius 2 is 1.80 bits per heavy atom. The summed E-state index contributed by atoms with van der Waals surface area (Å²) in [5.74, 6) is 0.000816. The van der Waals surface area contributed by atoms with E-state index in [1.165, 1.54) is 0 Å². The Hall–Kier alpha value is -2.55. The summed E-state index contributed by atoms with van der Waals surface area (Å²) in [4.78, 5) is 14.1. The fraction of sp³-hybridized carbons (Fsp3) is 0.118. The molecule has 0 spiro atoms. The van der Waals surface area contributed by atoms with Gasteiger partial charge in [-0.2, -0.15) is 0 Å². The van der Waals surface area contributed by atoms with Gasteiger partial charge >= 0.3 is 0 Å². The largest absolute Gasteiger partial charge is 0.351 e. The van der Waals surface area contributed by atoms with Crippen LogP contribution in [0.15, 0.2) is 60.8 Å². The molecule has 0 saturated heterocycles. The lowest BCUT2D eigenvalue weighted by molar-refractivity contribution is 0.0993. The van der Waals surface area contributed by atoms with E-state index >= 15 is 0 Å². The van der Waals surface area contributed by atoms with Crippen LogP contribution in [0.1, 0.15) is 10.4 Å². The maximum Gasteiger partial charge on any atom is 0.258 e. The average Bonchev–Trinajstić information content (AvgIpc) is 2.87. The number of amides is 1. The Morgan fingerprint density at radius 1 is 1.05 bits per heavy atom. The lowest BCUT2D eigenvalue weighted by atomic mass is 10.1. The van der Waals surface area contributed by atoms with Gasteiger partial charge in [-0.1, -0.05) is 18.2 Å². The van der Waals surface area contributed by atoms with Gasteiger partial charge < -0.3 is 9.47 Å². The van der Waals surface area contributed by atoms with Crippen LogP contribution in [0.5, 0.6) is 0 Å². The number of hydrogen-bond donors (Lipinski definition) is 0. The van der Waals surface area contributed by atoms with Gasteiger partial charge in [-0.25, -0.2) is 0 Å². The molecule has 0 aliphatic carbocycles. The Balaban J connectivity index is 1.96. The molecule has 1 amide bonds. The van der Waals surface area contributed by atoms with Crippen LogP contribution in [-0.4, -0.2) is 17.5 Å². The first kappa shape index (κ1) is 12.5. The lowest BCUT2D eigenvalue weighted by Gasteiger charge is -2.17. The second-order valence-electron chi connectivity index (χ2n) is 4.90. The van der Waals surface area contributed by atoms with Crippen LogP contribution >= 0.6 is 0 Å². The molecule has 0 N–H and O–H groups in total. The normalized spacial score (nSPS) is 10.7. The van der Waals surface area contributed by atoms with E-state index in [2.05, 4.69) is 10.6 Å². The number of fused-ring (bicyclic) bond motifs is 1. The van der Waals surface area contributed by atoms with Gasteiger partial charge in [0.15, 0.2) is 0 Å². The molecular formula is C17H16N2O. The quantitative estimate of drug-likeness (QED) is 0.696. The zero-order valence-electron chi connectivity index (χ0n) is 11.6. The van der Waals surface area contributed by atoms with Gasteiger partial charge in [0.2, 0.25) is 0 Å². The van der Waals surface area contributed by atoms with Crippen LogP contribution in [0, 0.1) is 0 Å². The molecule has 20 heavy (non-hydrogen) atoms. The van der Waals surface area contributed by atoms with E-state index in [1.54, 1.807) is 11.9 Å². The van der Waals surface area contributed by atoms with E-state index in [0.717, 1.165) is 16.6 Å². The summed E-state index contributed by atoms with van der Waals surface area (Å²) in [7, 11) is 3.82. The Morgan fingerprint density at radius 3 is 2.55 bits per heavy atom. The SMILES string of the molecule is CN(C(=O)c1ccccc1)c1ccc2c(ccn2C)c1. The molecule has 3 nitrogen and oxygen atoms in total. The van der Waals surface area contributed by atoms with Gasteiger partial charge in [0, 0.05) is 42.4 Å². The van der Waals surface area contributed by atoms with E-state index in [0.29, 0.717) is 5.56 Å². The minimum absolute atomic E-state index is 0.000816. The fourth-order valence-electron chi connectivity index (χ4n) is 2.37. The molecule has 100 valence electrons. The topological polar surface area (TPSA) is 25.2 Å². The third kappa shape index (κ3) is 2.07. The van der Waals surface area contributed by atoms with Crippen molar-refractivity contribution in [2.24, 2.45) is 7.05 Å². The van der Waals surface area contributed by atoms with Gasteiger partial charge in [0.05, 0.1) is 0 Å². The summed E-state index contributed by atoms with van der Waals surface area (Å²) < 4.78 is 2.07. The molecule has 0 bridgehead atoms. The van der Waals surface area contributed by atoms with Crippen molar-refractivity contribution in [1.82, 2.24) is 4.57 Å². The maximum atomic E-state index is 12.4. The van der Waals surface area contributed by atoms with Crippen molar-refractivity contribution in [3.05, 3.63) is 66.4 Å². The number of carbonyl (C=O) groups is 1. The highest BCUT2D eigenvalue weighted by atomic mass is 16.2. The van der Waals surface area contributed by atoms with Crippen LogP contribution in [0.2, 0.25) is 0 Å². The van der Waals surface area contributed by atoms with E-state index < -0.39 is 0 Å². The van der Waals surface area contributed by atoms with E-state index in [1.807, 2.05) is 61.8 Å². The second-order valence-corrected chi connectivity index (χ2v) is 4.90. The van der Waals surface area contributed by atoms with Crippen LogP contribution in [0.4, 0.5) is 5.69 Å². The summed E-state index contributed by atoms with van der Waals surface area (Å²) in [5.41, 5.74) is 2.76. The third-order valence-electron chi connectivity index (χ3n) is 3.58. The molecule has 3 heteroatoms. The highest BCUT2D eigenvalue weighted by Crippen LogP contribution is 2.23. The molecule has 0 unspecified atom stereocenters. The molecule has 1 aromatic heterocycles. The summed E-state index contributed by atoms with van der Waals surface area (Å²) in [6.07, 6.45) is 2.02. The molecule has 3 aromatic rings. The summed E-state index contributed by atoms with van der Waals surface area (Å²) >= 11 is 0. The molecule has 0 saturated carbocycles. The van der Waals surface area contributed by atoms with Gasteiger partial charge in [0.25, 0.3) is 5.91 Å². The number of carbonyl (C=O) groups excluding carboxylic acids is 1. The minimum atomic E-state index is 0.000816. The fourth-order valence-corrected chi connectivity index (χ4v) is 2.37. The summed E-state index contributed by atoms with van der Waals surface area (Å²) in [6.45, 7) is 0. The minimum Gasteiger partial charge on any atom is -0.351 e. The van der Waals surface area contributed by atoms with Crippen LogP contribution in [0.3, 0.4) is 0 Å². The van der Waals surface area contributed by atoms with Crippen molar-refractivity contribution in [1.29, 1.82) is 0 Å². The van der Waals surface area contributed by atoms with E-state index in [9.17, 15) is 4.79 Å². The van der Waals surface area contributed by atoms with Crippen molar-refractivity contribution in [3.63, 3.8) is 0 Å². The van der Waals surface area contributed by atoms with Crippen LogP contribution in [0.25, 0.3) is 10.9 Å². The number of nitrogens with zero attached hydrogens (tertiary/aromatic N) is 2. The molecule has 3 rings (SSSR count). The molecular weight excluding hydrogens is 248 g/mol. The first-order chi connectivity index (χ1) is 9.66. The first-order valence-corrected chi connectivity index (χ1v) is 6.55. The monoisotopic (exact) mass is 264 g/mol. The Labute approximate surface area is 118 Å². The lowest BCUT2D eigenvalue weighted by Crippen LogP contribution is -2.26. The van der Waals surface area contributed by atoms with Crippen molar-refractivity contribution < 1.29 is 4.79 Å². The zero-order valence-corrected chi connectivity index (χ0v) is 11.6. The second kappa shape index (κ2) is 4.85. The molecule has 1 heterocycles. The van der Waals surface area contributed by atoms with Gasteiger partial charge in [-0.05, 0) is 36.4 Å². The molecule has 0 aliphatic rings. The van der Waals surface area contributed by atoms with Crippen molar-refractivity contribution in [2.75, 3.05) is 11.9 Å². The van der Waals surface area contributed by atoms with E-state index in [-0.39, 0.29) is 5.91 Å². The predicted octanol–water partition coefficient (Wildman–Crippen LogP) is 3.45. The van der Waals surface area contributed by atoms with Crippen molar-refractivity contribution >= 4 is 22.5 Å². The predicted molar refractivity (Wildman–Crippen MR) is 82.1 cm³/mol. The van der Waals surface area contributed by atoms with Gasteiger partial charge in [-0.15, -0.1) is 0 Å². The van der Waals surface area contributed by atoms with Crippen molar-refractivity contribution in [2.45, 2.75) is 0 Å². The molecule has 0 atom stereocenters. The summed E-state index contributed by atoms with van der Waals surface area (Å²) in [6, 6.07) is 17.4. The number of aromatic nitrogens is 1. The average molecular weight is 264 g/mol. The van der Waals surface area contributed by atoms with Crippen molar-refractivity contribution in [3.8, 4) is 0 Å². The van der Waals surface area contributed by atoms with E-state index in [4.69, 9.17) is 0 Å². The standard InChI is InChI=1S/C17H16N2O/c1-18-11-10-14-12-15(8-9-16(14)18)19(2)17(20)13-6-4-3-5-7-13/h3-12H,1-2H3. The molecule has 0 radical (unpaired) electrons. The van der Waals surface area contributed by atoms with Gasteiger partial charge in [0.1, 0.15) is 0 Å². The number of aryl methyl sites for hydroxylation is 1. The number of hydrogen-bond acceptors (Lipinski definition) is 1. The smallest absolute Gasteiger partial charge is 0.258 e. The maximum absolute atomic E-state index is 12.4. The number of benzene rings is 2. The number of anilines is 1. The third-order valence-corrected chi connectivity index (χ3v) is 3.58.